The minimum Gasteiger partial charge on any atom is -0.350 e. The number of benzene rings is 1. The van der Waals surface area contributed by atoms with Gasteiger partial charge in [-0.3, -0.25) is 9.48 Å². The van der Waals surface area contributed by atoms with Crippen LogP contribution in [0.3, 0.4) is 0 Å². The van der Waals surface area contributed by atoms with Crippen LogP contribution in [0.5, 0.6) is 0 Å². The first kappa shape index (κ1) is 19.5. The molecule has 2 aromatic rings. The number of amides is 1. The summed E-state index contributed by atoms with van der Waals surface area (Å²) in [6.07, 6.45) is 0. The summed E-state index contributed by atoms with van der Waals surface area (Å²) in [4.78, 5) is 14.8. The molecule has 0 saturated heterocycles. The Morgan fingerprint density at radius 3 is 2.48 bits per heavy atom. The standard InChI is InChI=1S/C19H27ClN4O/c1-13(2)12-24-18(20)17(14(3)22-24)19(25)21-11-16(23(4)5)15-9-7-6-8-10-15/h6-10,13,16H,11-12H2,1-5H3,(H,21,25). The molecule has 1 atom stereocenters. The van der Waals surface area contributed by atoms with Crippen molar-refractivity contribution in [2.75, 3.05) is 20.6 Å². The van der Waals surface area contributed by atoms with Crippen molar-refractivity contribution in [3.05, 3.63) is 52.3 Å². The molecule has 0 aliphatic carbocycles. The van der Waals surface area contributed by atoms with Crippen LogP contribution in [0, 0.1) is 12.8 Å². The van der Waals surface area contributed by atoms with Crippen molar-refractivity contribution in [3.8, 4) is 0 Å². The maximum absolute atomic E-state index is 12.7. The highest BCUT2D eigenvalue weighted by atomic mass is 35.5. The Labute approximate surface area is 155 Å². The molecule has 1 aromatic carbocycles. The van der Waals surface area contributed by atoms with Crippen LogP contribution in [0.15, 0.2) is 30.3 Å². The molecule has 2 rings (SSSR count). The van der Waals surface area contributed by atoms with E-state index in [1.807, 2.05) is 39.2 Å². The van der Waals surface area contributed by atoms with Gasteiger partial charge in [-0.2, -0.15) is 5.10 Å². The molecule has 136 valence electrons. The summed E-state index contributed by atoms with van der Waals surface area (Å²) in [5.41, 5.74) is 2.28. The molecule has 0 aliphatic rings. The summed E-state index contributed by atoms with van der Waals surface area (Å²) in [5.74, 6) is 0.226. The van der Waals surface area contributed by atoms with E-state index in [2.05, 4.69) is 41.3 Å². The van der Waals surface area contributed by atoms with E-state index in [-0.39, 0.29) is 11.9 Å². The predicted molar refractivity (Wildman–Crippen MR) is 102 cm³/mol. The molecule has 0 fully saturated rings. The first-order valence-corrected chi connectivity index (χ1v) is 8.91. The molecule has 1 N–H and O–H groups in total. The van der Waals surface area contributed by atoms with Crippen LogP contribution >= 0.6 is 11.6 Å². The zero-order valence-corrected chi connectivity index (χ0v) is 16.3. The molecule has 0 aliphatic heterocycles. The van der Waals surface area contributed by atoms with Gasteiger partial charge < -0.3 is 10.2 Å². The molecule has 1 aromatic heterocycles. The highest BCUT2D eigenvalue weighted by Gasteiger charge is 2.22. The van der Waals surface area contributed by atoms with Gasteiger partial charge in [0.2, 0.25) is 0 Å². The normalized spacial score (nSPS) is 12.6. The molecule has 1 amide bonds. The van der Waals surface area contributed by atoms with Crippen molar-refractivity contribution in [3.63, 3.8) is 0 Å². The lowest BCUT2D eigenvalue weighted by molar-refractivity contribution is 0.0941. The number of aromatic nitrogens is 2. The smallest absolute Gasteiger partial charge is 0.256 e. The third kappa shape index (κ3) is 4.83. The Kier molecular flexibility index (Phi) is 6.62. The van der Waals surface area contributed by atoms with E-state index in [9.17, 15) is 4.79 Å². The molecule has 6 heteroatoms. The first-order valence-electron chi connectivity index (χ1n) is 8.53. The molecule has 0 radical (unpaired) electrons. The summed E-state index contributed by atoms with van der Waals surface area (Å²) in [6, 6.07) is 10.2. The molecule has 0 bridgehead atoms. The zero-order valence-electron chi connectivity index (χ0n) is 15.6. The van der Waals surface area contributed by atoms with Crippen molar-refractivity contribution in [2.45, 2.75) is 33.4 Å². The van der Waals surface area contributed by atoms with Gasteiger partial charge in [-0.15, -0.1) is 0 Å². The number of nitrogens with zero attached hydrogens (tertiary/aromatic N) is 3. The van der Waals surface area contributed by atoms with Crippen LogP contribution in [-0.2, 0) is 6.54 Å². The van der Waals surface area contributed by atoms with E-state index in [1.54, 1.807) is 4.68 Å². The first-order chi connectivity index (χ1) is 11.8. The molecule has 0 saturated carbocycles. The van der Waals surface area contributed by atoms with Gasteiger partial charge in [0.05, 0.1) is 17.3 Å². The minimum atomic E-state index is -0.180. The monoisotopic (exact) mass is 362 g/mol. The van der Waals surface area contributed by atoms with Gasteiger partial charge in [-0.25, -0.2) is 0 Å². The molecular formula is C19H27ClN4O. The fourth-order valence-corrected chi connectivity index (χ4v) is 3.16. The van der Waals surface area contributed by atoms with Crippen molar-refractivity contribution in [1.29, 1.82) is 0 Å². The number of hydrogen-bond acceptors (Lipinski definition) is 3. The summed E-state index contributed by atoms with van der Waals surface area (Å²) in [6.45, 7) is 7.19. The summed E-state index contributed by atoms with van der Waals surface area (Å²) >= 11 is 6.39. The van der Waals surface area contributed by atoms with E-state index in [4.69, 9.17) is 11.6 Å². The maximum atomic E-state index is 12.7. The van der Waals surface area contributed by atoms with Crippen LogP contribution in [0.4, 0.5) is 0 Å². The molecule has 1 heterocycles. The summed E-state index contributed by atoms with van der Waals surface area (Å²) in [5, 5.41) is 7.82. The highest BCUT2D eigenvalue weighted by molar-refractivity contribution is 6.33. The Morgan fingerprint density at radius 2 is 1.92 bits per heavy atom. The Balaban J connectivity index is 2.13. The second-order valence-electron chi connectivity index (χ2n) is 6.93. The quantitative estimate of drug-likeness (QED) is 0.819. The molecule has 0 spiro atoms. The number of carbonyl (C=O) groups is 1. The predicted octanol–water partition coefficient (Wildman–Crippen LogP) is 3.53. The highest BCUT2D eigenvalue weighted by Crippen LogP contribution is 2.22. The van der Waals surface area contributed by atoms with Gasteiger partial charge in [-0.05, 0) is 32.5 Å². The Bertz CT molecular complexity index is 710. The lowest BCUT2D eigenvalue weighted by Crippen LogP contribution is -2.34. The van der Waals surface area contributed by atoms with E-state index in [0.29, 0.717) is 35.4 Å². The number of halogens is 1. The van der Waals surface area contributed by atoms with Crippen LogP contribution in [0.2, 0.25) is 5.15 Å². The minimum absolute atomic E-state index is 0.0925. The summed E-state index contributed by atoms with van der Waals surface area (Å²) in [7, 11) is 4.01. The third-order valence-electron chi connectivity index (χ3n) is 4.09. The largest absolute Gasteiger partial charge is 0.350 e. The fourth-order valence-electron chi connectivity index (χ4n) is 2.83. The van der Waals surface area contributed by atoms with Crippen LogP contribution in [-0.4, -0.2) is 41.2 Å². The van der Waals surface area contributed by atoms with Gasteiger partial charge in [-0.1, -0.05) is 55.8 Å². The SMILES string of the molecule is Cc1nn(CC(C)C)c(Cl)c1C(=O)NCC(c1ccccc1)N(C)C. The number of carbonyl (C=O) groups excluding carboxylic acids is 1. The number of rotatable bonds is 7. The van der Waals surface area contributed by atoms with Gasteiger partial charge in [0.25, 0.3) is 5.91 Å². The zero-order chi connectivity index (χ0) is 18.6. The Hall–Kier alpha value is -1.85. The van der Waals surface area contributed by atoms with Crippen molar-refractivity contribution in [1.82, 2.24) is 20.0 Å². The number of hydrogen-bond donors (Lipinski definition) is 1. The second-order valence-corrected chi connectivity index (χ2v) is 7.29. The number of aryl methyl sites for hydroxylation is 1. The maximum Gasteiger partial charge on any atom is 0.256 e. The molecule has 25 heavy (non-hydrogen) atoms. The average molecular weight is 363 g/mol. The van der Waals surface area contributed by atoms with Crippen LogP contribution < -0.4 is 5.32 Å². The van der Waals surface area contributed by atoms with Crippen LogP contribution in [0.1, 0.15) is 41.5 Å². The molecule has 5 nitrogen and oxygen atoms in total. The lowest BCUT2D eigenvalue weighted by atomic mass is 10.1. The van der Waals surface area contributed by atoms with Gasteiger partial charge in [0, 0.05) is 13.1 Å². The average Bonchev–Trinajstić information content (AvgIpc) is 2.81. The molecule has 1 unspecified atom stereocenters. The third-order valence-corrected chi connectivity index (χ3v) is 4.48. The molecular weight excluding hydrogens is 336 g/mol. The van der Waals surface area contributed by atoms with Gasteiger partial charge in [0.1, 0.15) is 5.15 Å². The number of nitrogens with one attached hydrogen (secondary N) is 1. The van der Waals surface area contributed by atoms with Crippen molar-refractivity contribution < 1.29 is 4.79 Å². The van der Waals surface area contributed by atoms with E-state index < -0.39 is 0 Å². The lowest BCUT2D eigenvalue weighted by Gasteiger charge is -2.25. The number of likely N-dealkylation sites (N-methyl/N-ethyl adjacent to an activating group) is 1. The van der Waals surface area contributed by atoms with Gasteiger partial charge >= 0.3 is 0 Å². The van der Waals surface area contributed by atoms with E-state index >= 15 is 0 Å². The topological polar surface area (TPSA) is 50.2 Å². The van der Waals surface area contributed by atoms with Crippen molar-refractivity contribution in [2.24, 2.45) is 5.92 Å². The van der Waals surface area contributed by atoms with Gasteiger partial charge in [0.15, 0.2) is 0 Å². The fraction of sp³-hybridized carbons (Fsp3) is 0.474. The second kappa shape index (κ2) is 8.50. The summed E-state index contributed by atoms with van der Waals surface area (Å²) < 4.78 is 1.71. The van der Waals surface area contributed by atoms with E-state index in [1.165, 1.54) is 0 Å². The van der Waals surface area contributed by atoms with Crippen molar-refractivity contribution >= 4 is 17.5 Å². The Morgan fingerprint density at radius 1 is 1.28 bits per heavy atom. The van der Waals surface area contributed by atoms with E-state index in [0.717, 1.165) is 5.56 Å². The van der Waals surface area contributed by atoms with Crippen LogP contribution in [0.25, 0.3) is 0 Å².